The Balaban J connectivity index is 3.35. The molecule has 2 nitrogen and oxygen atoms in total. The molecule has 0 fully saturated rings. The quantitative estimate of drug-likeness (QED) is 0.623. The van der Waals surface area contributed by atoms with E-state index in [0.717, 1.165) is 6.07 Å². The zero-order chi connectivity index (χ0) is 8.27. The highest BCUT2D eigenvalue weighted by Crippen LogP contribution is 2.07. The second-order valence-corrected chi connectivity index (χ2v) is 1.87. The minimum Gasteiger partial charge on any atom is -0.285 e. The van der Waals surface area contributed by atoms with E-state index >= 15 is 0 Å². The molecule has 0 aliphatic heterocycles. The molecule has 11 heavy (non-hydrogen) atoms. The summed E-state index contributed by atoms with van der Waals surface area (Å²) in [6.07, 6.45) is 2.76. The normalized spacial score (nSPS) is 9.18. The third-order valence-corrected chi connectivity index (χ3v) is 1.23. The molecule has 0 saturated carbocycles. The Bertz CT molecular complexity index is 294. The van der Waals surface area contributed by atoms with Crippen molar-refractivity contribution in [2.75, 3.05) is 0 Å². The van der Waals surface area contributed by atoms with E-state index < -0.39 is 5.82 Å². The fraction of sp³-hybridized carbons (Fsp3) is 0. The molecule has 0 heterocycles. The maximum Gasteiger partial charge on any atom is 0.237 e. The lowest BCUT2D eigenvalue weighted by Crippen LogP contribution is -1.94. The Hall–Kier alpha value is -1.51. The summed E-state index contributed by atoms with van der Waals surface area (Å²) < 4.78 is 12.6. The highest BCUT2D eigenvalue weighted by molar-refractivity contribution is 5.90. The molecule has 0 N–H and O–H groups in total. The van der Waals surface area contributed by atoms with Gasteiger partial charge in [-0.1, -0.05) is 6.07 Å². The second kappa shape index (κ2) is 3.05. The predicted molar refractivity (Wildman–Crippen MR) is 36.0 cm³/mol. The topological polar surface area (TPSA) is 34.1 Å². The van der Waals surface area contributed by atoms with Crippen LogP contribution < -0.4 is 0 Å². The molecule has 0 amide bonds. The van der Waals surface area contributed by atoms with Crippen LogP contribution in [0.15, 0.2) is 18.2 Å². The summed E-state index contributed by atoms with van der Waals surface area (Å²) in [5.74, 6) is -0.749. The van der Waals surface area contributed by atoms with Gasteiger partial charge in [-0.3, -0.25) is 9.59 Å². The average Bonchev–Trinajstić information content (AvgIpc) is 2.04. The largest absolute Gasteiger partial charge is 0.285 e. The van der Waals surface area contributed by atoms with Crippen LogP contribution in [0.25, 0.3) is 0 Å². The summed E-state index contributed by atoms with van der Waals surface area (Å²) in [4.78, 5) is 20.1. The Labute approximate surface area is 62.6 Å². The lowest BCUT2D eigenvalue weighted by molar-refractivity contribution is 0.552. The van der Waals surface area contributed by atoms with Gasteiger partial charge < -0.3 is 0 Å². The molecule has 3 heteroatoms. The van der Waals surface area contributed by atoms with Crippen LogP contribution in [0, 0.1) is 5.82 Å². The van der Waals surface area contributed by atoms with Crippen molar-refractivity contribution in [1.29, 1.82) is 0 Å². The van der Waals surface area contributed by atoms with E-state index in [1.807, 2.05) is 0 Å². The van der Waals surface area contributed by atoms with Gasteiger partial charge in [-0.25, -0.2) is 4.39 Å². The highest BCUT2D eigenvalue weighted by Gasteiger charge is 2.06. The van der Waals surface area contributed by atoms with Gasteiger partial charge in [0.25, 0.3) is 0 Å². The minimum absolute atomic E-state index is 0.0972. The molecule has 0 aliphatic rings. The number of hydrogen-bond acceptors (Lipinski definition) is 2. The highest BCUT2D eigenvalue weighted by atomic mass is 19.1. The first-order valence-corrected chi connectivity index (χ1v) is 2.84. The van der Waals surface area contributed by atoms with Crippen LogP contribution in [0.4, 0.5) is 4.39 Å². The van der Waals surface area contributed by atoms with E-state index in [4.69, 9.17) is 0 Å². The molecule has 0 bridgehead atoms. The number of rotatable bonds is 2. The summed E-state index contributed by atoms with van der Waals surface area (Å²) in [6, 6.07) is 3.72. The van der Waals surface area contributed by atoms with Crippen LogP contribution in [0.5, 0.6) is 0 Å². The molecular formula is C8H3FO2. The summed E-state index contributed by atoms with van der Waals surface area (Å²) in [5.41, 5.74) is -0.456. The lowest BCUT2D eigenvalue weighted by Gasteiger charge is -1.93. The zero-order valence-corrected chi connectivity index (χ0v) is 5.43. The Morgan fingerprint density at radius 3 is 2.36 bits per heavy atom. The zero-order valence-electron chi connectivity index (χ0n) is 5.43. The molecule has 0 spiro atoms. The summed E-state index contributed by atoms with van der Waals surface area (Å²) in [6.45, 7) is 0. The number of carbonyl (C=O) groups excluding carboxylic acids is 2. The Morgan fingerprint density at radius 1 is 1.18 bits per heavy atom. The maximum atomic E-state index is 12.6. The summed E-state index contributed by atoms with van der Waals surface area (Å²) in [5, 5.41) is 0. The van der Waals surface area contributed by atoms with E-state index in [-0.39, 0.29) is 11.1 Å². The fourth-order valence-corrected chi connectivity index (χ4v) is 0.713. The number of halogens is 1. The molecule has 1 aromatic rings. The van der Waals surface area contributed by atoms with Crippen LogP contribution in [0.3, 0.4) is 0 Å². The summed E-state index contributed by atoms with van der Waals surface area (Å²) in [7, 11) is 0. The van der Waals surface area contributed by atoms with Gasteiger partial charge in [0, 0.05) is 5.56 Å². The SMILES string of the molecule is O=[C]c1cccc(F)c1[C]=O. The first kappa shape index (κ1) is 7.60. The van der Waals surface area contributed by atoms with Gasteiger partial charge in [-0.05, 0) is 12.1 Å². The van der Waals surface area contributed by atoms with Crippen molar-refractivity contribution in [3.8, 4) is 0 Å². The third-order valence-electron chi connectivity index (χ3n) is 1.23. The molecule has 0 atom stereocenters. The van der Waals surface area contributed by atoms with Crippen molar-refractivity contribution in [3.63, 3.8) is 0 Å². The van der Waals surface area contributed by atoms with Crippen LogP contribution in [-0.2, 0) is 9.59 Å². The predicted octanol–water partition coefficient (Wildman–Crippen LogP) is 0.741. The minimum atomic E-state index is -0.749. The standard InChI is InChI=1S/C8H3FO2/c9-8-3-1-2-6(4-10)7(8)5-11/h1-3H. The van der Waals surface area contributed by atoms with Crippen LogP contribution in [0.2, 0.25) is 0 Å². The molecule has 2 radical (unpaired) electrons. The van der Waals surface area contributed by atoms with Crippen molar-refractivity contribution in [2.24, 2.45) is 0 Å². The average molecular weight is 150 g/mol. The fourth-order valence-electron chi connectivity index (χ4n) is 0.713. The van der Waals surface area contributed by atoms with Crippen molar-refractivity contribution >= 4 is 12.6 Å². The van der Waals surface area contributed by atoms with Crippen LogP contribution in [-0.4, -0.2) is 12.6 Å². The second-order valence-electron chi connectivity index (χ2n) is 1.87. The van der Waals surface area contributed by atoms with E-state index in [9.17, 15) is 14.0 Å². The molecular weight excluding hydrogens is 147 g/mol. The van der Waals surface area contributed by atoms with Crippen LogP contribution in [0.1, 0.15) is 11.1 Å². The molecule has 0 unspecified atom stereocenters. The lowest BCUT2D eigenvalue weighted by atomic mass is 10.1. The van der Waals surface area contributed by atoms with Gasteiger partial charge in [-0.2, -0.15) is 0 Å². The number of benzene rings is 1. The van der Waals surface area contributed by atoms with Crippen molar-refractivity contribution < 1.29 is 14.0 Å². The van der Waals surface area contributed by atoms with Gasteiger partial charge in [0.2, 0.25) is 12.6 Å². The Morgan fingerprint density at radius 2 is 1.91 bits per heavy atom. The molecule has 0 aromatic heterocycles. The van der Waals surface area contributed by atoms with Crippen molar-refractivity contribution in [2.45, 2.75) is 0 Å². The van der Waals surface area contributed by atoms with Gasteiger partial charge in [0.05, 0.1) is 5.56 Å². The van der Waals surface area contributed by atoms with Gasteiger partial charge >= 0.3 is 0 Å². The molecule has 1 rings (SSSR count). The van der Waals surface area contributed by atoms with E-state index in [2.05, 4.69) is 0 Å². The Kier molecular flexibility index (Phi) is 2.11. The summed E-state index contributed by atoms with van der Waals surface area (Å²) >= 11 is 0. The molecule has 0 aliphatic carbocycles. The van der Waals surface area contributed by atoms with E-state index in [0.29, 0.717) is 0 Å². The number of hydrogen-bond donors (Lipinski definition) is 0. The van der Waals surface area contributed by atoms with Gasteiger partial charge in [0.1, 0.15) is 5.82 Å². The van der Waals surface area contributed by atoms with Gasteiger partial charge in [0.15, 0.2) is 0 Å². The van der Waals surface area contributed by atoms with Crippen molar-refractivity contribution in [1.82, 2.24) is 0 Å². The van der Waals surface area contributed by atoms with E-state index in [1.54, 1.807) is 0 Å². The molecule has 1 aromatic carbocycles. The molecule has 0 saturated heterocycles. The maximum absolute atomic E-state index is 12.6. The molecule has 54 valence electrons. The first-order valence-electron chi connectivity index (χ1n) is 2.84. The monoisotopic (exact) mass is 150 g/mol. The first-order chi connectivity index (χ1) is 5.29. The van der Waals surface area contributed by atoms with E-state index in [1.165, 1.54) is 24.7 Å². The smallest absolute Gasteiger partial charge is 0.237 e. The van der Waals surface area contributed by atoms with Gasteiger partial charge in [-0.15, -0.1) is 0 Å². The van der Waals surface area contributed by atoms with Crippen LogP contribution >= 0.6 is 0 Å². The third kappa shape index (κ3) is 1.32. The van der Waals surface area contributed by atoms with Crippen molar-refractivity contribution in [3.05, 3.63) is 35.1 Å².